The molecule has 0 N–H and O–H groups in total. The van der Waals surface area contributed by atoms with Crippen LogP contribution >= 0.6 is 11.3 Å². The number of nitrogens with zero attached hydrogens (tertiary/aromatic N) is 2. The van der Waals surface area contributed by atoms with Crippen LogP contribution in [0, 0.1) is 0 Å². The van der Waals surface area contributed by atoms with Crippen molar-refractivity contribution in [2.45, 2.75) is 19.3 Å². The maximum atomic E-state index is 6.82. The topological polar surface area (TPSA) is 21.3 Å². The summed E-state index contributed by atoms with van der Waals surface area (Å²) in [5.41, 5.74) is 16.1. The number of benzene rings is 9. The zero-order valence-electron chi connectivity index (χ0n) is 33.7. The van der Waals surface area contributed by atoms with Crippen LogP contribution in [0.4, 0.5) is 17.1 Å². The number of fused-ring (bicyclic) bond motifs is 12. The molecule has 61 heavy (non-hydrogen) atoms. The molecule has 0 radical (unpaired) electrons. The first kappa shape index (κ1) is 34.5. The van der Waals surface area contributed by atoms with Gasteiger partial charge in [-0.15, -0.1) is 11.3 Å². The number of hydrogen-bond acceptors (Lipinski definition) is 3. The third kappa shape index (κ3) is 4.91. The maximum Gasteiger partial charge on any atom is 0.138 e. The number of anilines is 3. The van der Waals surface area contributed by atoms with Crippen LogP contribution in [-0.2, 0) is 5.41 Å². The summed E-state index contributed by atoms with van der Waals surface area (Å²) in [6.45, 7) is 4.73. The minimum absolute atomic E-state index is 0.140. The largest absolute Gasteiger partial charge is 0.456 e. The minimum Gasteiger partial charge on any atom is -0.456 e. The van der Waals surface area contributed by atoms with Gasteiger partial charge in [0.15, 0.2) is 0 Å². The van der Waals surface area contributed by atoms with Gasteiger partial charge in [0.2, 0.25) is 0 Å². The Hall–Kier alpha value is -7.40. The lowest BCUT2D eigenvalue weighted by molar-refractivity contribution is 0.660. The Morgan fingerprint density at radius 2 is 1.21 bits per heavy atom. The summed E-state index contributed by atoms with van der Waals surface area (Å²) in [5, 5.41) is 7.26. The van der Waals surface area contributed by atoms with E-state index in [-0.39, 0.29) is 5.41 Å². The van der Waals surface area contributed by atoms with Crippen molar-refractivity contribution in [2.75, 3.05) is 4.90 Å². The predicted molar refractivity (Wildman–Crippen MR) is 259 cm³/mol. The quantitative estimate of drug-likeness (QED) is 0.173. The Morgan fingerprint density at radius 3 is 2.08 bits per heavy atom. The molecule has 0 saturated carbocycles. The van der Waals surface area contributed by atoms with Crippen LogP contribution in [0.3, 0.4) is 0 Å². The second kappa shape index (κ2) is 12.8. The summed E-state index contributed by atoms with van der Waals surface area (Å²) < 4.78 is 11.8. The maximum absolute atomic E-state index is 6.82. The van der Waals surface area contributed by atoms with Crippen LogP contribution in [0.2, 0.25) is 0 Å². The lowest BCUT2D eigenvalue weighted by Crippen LogP contribution is -2.14. The molecule has 0 saturated heterocycles. The van der Waals surface area contributed by atoms with E-state index in [1.54, 1.807) is 0 Å². The number of rotatable bonds is 5. The highest BCUT2D eigenvalue weighted by molar-refractivity contribution is 7.26. The second-order valence-corrected chi connectivity index (χ2v) is 17.9. The van der Waals surface area contributed by atoms with Gasteiger partial charge in [-0.1, -0.05) is 141 Å². The van der Waals surface area contributed by atoms with Gasteiger partial charge in [0.25, 0.3) is 0 Å². The molecule has 3 nitrogen and oxygen atoms in total. The molecule has 0 bridgehead atoms. The average Bonchev–Trinajstić information content (AvgIpc) is 4.03. The van der Waals surface area contributed by atoms with Gasteiger partial charge in [-0.05, 0) is 88.5 Å². The van der Waals surface area contributed by atoms with Crippen molar-refractivity contribution in [3.63, 3.8) is 0 Å². The van der Waals surface area contributed by atoms with Gasteiger partial charge in [0, 0.05) is 71.1 Å². The van der Waals surface area contributed by atoms with Gasteiger partial charge in [-0.2, -0.15) is 0 Å². The zero-order valence-corrected chi connectivity index (χ0v) is 34.5. The monoisotopic (exact) mass is 798 g/mol. The van der Waals surface area contributed by atoms with E-state index in [9.17, 15) is 0 Å². The molecule has 12 aromatic rings. The summed E-state index contributed by atoms with van der Waals surface area (Å²) in [4.78, 5) is 2.44. The van der Waals surface area contributed by atoms with Gasteiger partial charge in [-0.3, -0.25) is 0 Å². The fraction of sp³-hybridized carbons (Fsp3) is 0.0526. The molecule has 0 unspecified atom stereocenters. The lowest BCUT2D eigenvalue weighted by Gasteiger charge is -2.26. The number of thiophene rings is 1. The second-order valence-electron chi connectivity index (χ2n) is 16.8. The van der Waals surface area contributed by atoms with E-state index < -0.39 is 0 Å². The standard InChI is InChI=1S/C57H38N2OS/c1-57(2)45-24-12-9-20-39(45)40-30-28-35(32-46(40)57)53-54-43-31-29-38(58(36-16-5-3-6-17-36)47-25-15-23-42-41-21-11-14-27-52(41)61-56(42)47)33-48(43)59(37-18-7-4-8-19-37)49(54)34-51-55(53)44-22-10-13-26-50(44)60-51/h3-34H,1-2H3. The van der Waals surface area contributed by atoms with Crippen LogP contribution < -0.4 is 4.90 Å². The molecule has 4 heteroatoms. The van der Waals surface area contributed by atoms with E-state index >= 15 is 0 Å². The van der Waals surface area contributed by atoms with Crippen molar-refractivity contribution in [3.05, 3.63) is 205 Å². The summed E-state index contributed by atoms with van der Waals surface area (Å²) >= 11 is 1.86. The van der Waals surface area contributed by atoms with Crippen LogP contribution in [0.1, 0.15) is 25.0 Å². The van der Waals surface area contributed by atoms with Gasteiger partial charge in [0.05, 0.1) is 21.4 Å². The van der Waals surface area contributed by atoms with Crippen molar-refractivity contribution >= 4 is 92.3 Å². The Balaban J connectivity index is 1.14. The molecule has 3 heterocycles. The fourth-order valence-electron chi connectivity index (χ4n) is 10.4. The van der Waals surface area contributed by atoms with Crippen molar-refractivity contribution in [1.82, 2.24) is 4.57 Å². The molecule has 1 aliphatic rings. The molecular formula is C57H38N2OS. The highest BCUT2D eigenvalue weighted by Crippen LogP contribution is 2.53. The van der Waals surface area contributed by atoms with E-state index in [1.807, 2.05) is 11.3 Å². The molecule has 0 fully saturated rings. The van der Waals surface area contributed by atoms with Crippen LogP contribution in [0.15, 0.2) is 199 Å². The highest BCUT2D eigenvalue weighted by Gasteiger charge is 2.36. The first-order valence-corrected chi connectivity index (χ1v) is 21.8. The van der Waals surface area contributed by atoms with E-state index in [1.165, 1.54) is 64.3 Å². The molecule has 0 spiro atoms. The molecule has 0 aliphatic heterocycles. The molecule has 1 aliphatic carbocycles. The molecule has 3 aromatic heterocycles. The molecule has 0 amide bonds. The molecule has 288 valence electrons. The van der Waals surface area contributed by atoms with Crippen molar-refractivity contribution in [2.24, 2.45) is 0 Å². The van der Waals surface area contributed by atoms with Gasteiger partial charge < -0.3 is 13.9 Å². The van der Waals surface area contributed by atoms with Crippen molar-refractivity contribution in [3.8, 4) is 27.9 Å². The summed E-state index contributed by atoms with van der Waals surface area (Å²) in [5.74, 6) is 0. The molecule has 9 aromatic carbocycles. The van der Waals surface area contributed by atoms with E-state index in [0.29, 0.717) is 0 Å². The van der Waals surface area contributed by atoms with Gasteiger partial charge >= 0.3 is 0 Å². The van der Waals surface area contributed by atoms with E-state index in [0.717, 1.165) is 55.7 Å². The summed E-state index contributed by atoms with van der Waals surface area (Å²) in [7, 11) is 0. The molecule has 13 rings (SSSR count). The third-order valence-corrected chi connectivity index (χ3v) is 14.4. The van der Waals surface area contributed by atoms with Gasteiger partial charge in [-0.25, -0.2) is 0 Å². The first-order chi connectivity index (χ1) is 30.0. The van der Waals surface area contributed by atoms with Gasteiger partial charge in [0.1, 0.15) is 11.2 Å². The fourth-order valence-corrected chi connectivity index (χ4v) is 11.6. The highest BCUT2D eigenvalue weighted by atomic mass is 32.1. The number of hydrogen-bond donors (Lipinski definition) is 0. The summed E-state index contributed by atoms with van der Waals surface area (Å²) in [6, 6.07) is 71.0. The normalized spacial score (nSPS) is 13.2. The smallest absolute Gasteiger partial charge is 0.138 e. The Morgan fingerprint density at radius 1 is 0.492 bits per heavy atom. The molecule has 0 atom stereocenters. The number of aromatic nitrogens is 1. The Labute approximate surface area is 357 Å². The Kier molecular flexibility index (Phi) is 7.23. The minimum atomic E-state index is -0.140. The number of para-hydroxylation sites is 3. The zero-order chi connectivity index (χ0) is 40.4. The SMILES string of the molecule is CC1(C)c2ccccc2-c2ccc(-c3c4c(cc5c3c3ccc(N(c6ccccc6)c6cccc7c6sc6ccccc67)cc3n5-c3ccccc3)oc3ccccc34)cc21. The summed E-state index contributed by atoms with van der Waals surface area (Å²) in [6.07, 6.45) is 0. The van der Waals surface area contributed by atoms with Crippen molar-refractivity contribution in [1.29, 1.82) is 0 Å². The average molecular weight is 799 g/mol. The van der Waals surface area contributed by atoms with Crippen LogP contribution in [0.5, 0.6) is 0 Å². The van der Waals surface area contributed by atoms with Crippen LogP contribution in [-0.4, -0.2) is 4.57 Å². The Bertz CT molecular complexity index is 3740. The van der Waals surface area contributed by atoms with E-state index in [4.69, 9.17) is 4.42 Å². The van der Waals surface area contributed by atoms with Crippen molar-refractivity contribution < 1.29 is 4.42 Å². The van der Waals surface area contributed by atoms with Crippen LogP contribution in [0.25, 0.3) is 91.9 Å². The first-order valence-electron chi connectivity index (χ1n) is 21.0. The molecular weight excluding hydrogens is 761 g/mol. The predicted octanol–water partition coefficient (Wildman–Crippen LogP) is 16.5. The van der Waals surface area contributed by atoms with E-state index in [2.05, 4.69) is 217 Å². The number of furan rings is 1. The lowest BCUT2D eigenvalue weighted by atomic mass is 9.81. The third-order valence-electron chi connectivity index (χ3n) is 13.2.